The van der Waals surface area contributed by atoms with Crippen molar-refractivity contribution in [2.75, 3.05) is 36.0 Å². The molecule has 15 heteroatoms. The summed E-state index contributed by atoms with van der Waals surface area (Å²) in [5.41, 5.74) is -0.174. The van der Waals surface area contributed by atoms with Crippen LogP contribution in [0.15, 0.2) is 57.7 Å². The zero-order valence-electron chi connectivity index (χ0n) is 27.8. The molecule has 1 aliphatic heterocycles. The van der Waals surface area contributed by atoms with E-state index in [1.54, 1.807) is 36.4 Å². The van der Waals surface area contributed by atoms with Crippen molar-refractivity contribution in [3.8, 4) is 5.75 Å². The van der Waals surface area contributed by atoms with Crippen molar-refractivity contribution in [1.82, 2.24) is 10.2 Å². The number of nitrogens with zero attached hydrogens (tertiary/aromatic N) is 3. The molecule has 0 saturated heterocycles. The second kappa shape index (κ2) is 13.7. The van der Waals surface area contributed by atoms with Crippen LogP contribution in [0.3, 0.4) is 0 Å². The number of carbonyl (C=O) groups excluding carboxylic acids is 3. The van der Waals surface area contributed by atoms with Gasteiger partial charge in [0.25, 0.3) is 5.91 Å². The van der Waals surface area contributed by atoms with Crippen LogP contribution in [0, 0.1) is 5.41 Å². The van der Waals surface area contributed by atoms with E-state index in [1.165, 1.54) is 43.0 Å². The molecule has 48 heavy (non-hydrogen) atoms. The van der Waals surface area contributed by atoms with Gasteiger partial charge in [-0.3, -0.25) is 19.3 Å². The zero-order chi connectivity index (χ0) is 35.7. The maximum Gasteiger partial charge on any atom is 0.407 e. The van der Waals surface area contributed by atoms with Crippen molar-refractivity contribution in [3.05, 3.63) is 64.5 Å². The molecule has 258 valence electrons. The highest BCUT2D eigenvalue weighted by atomic mass is 32.2. The highest BCUT2D eigenvalue weighted by Crippen LogP contribution is 2.37. The van der Waals surface area contributed by atoms with Crippen molar-refractivity contribution in [2.24, 2.45) is 5.41 Å². The number of benzene rings is 2. The number of methoxy groups -OCH3 is 1. The fourth-order valence-electron chi connectivity index (χ4n) is 5.76. The summed E-state index contributed by atoms with van der Waals surface area (Å²) in [5.74, 6) is -2.73. The van der Waals surface area contributed by atoms with Crippen molar-refractivity contribution in [1.29, 1.82) is 0 Å². The highest BCUT2D eigenvalue weighted by Gasteiger charge is 2.44. The zero-order valence-corrected chi connectivity index (χ0v) is 28.7. The smallest absolute Gasteiger partial charge is 0.407 e. The quantitative estimate of drug-likeness (QED) is 0.318. The topological polar surface area (TPSA) is 184 Å². The van der Waals surface area contributed by atoms with Gasteiger partial charge in [0.1, 0.15) is 29.2 Å². The molecular weight excluding hydrogens is 644 g/mol. The van der Waals surface area contributed by atoms with Gasteiger partial charge >= 0.3 is 11.7 Å². The van der Waals surface area contributed by atoms with Crippen molar-refractivity contribution < 1.29 is 41.9 Å². The third kappa shape index (κ3) is 7.95. The Morgan fingerprint density at radius 3 is 2.31 bits per heavy atom. The van der Waals surface area contributed by atoms with Crippen LogP contribution < -0.4 is 25.5 Å². The minimum atomic E-state index is -3.82. The van der Waals surface area contributed by atoms with E-state index in [2.05, 4.69) is 5.32 Å². The van der Waals surface area contributed by atoms with Crippen LogP contribution in [0.4, 0.5) is 16.2 Å². The number of hydrogen-bond acceptors (Lipinski definition) is 9. The van der Waals surface area contributed by atoms with E-state index in [9.17, 15) is 37.5 Å². The minimum Gasteiger partial charge on any atom is -0.497 e. The maximum absolute atomic E-state index is 14.6. The van der Waals surface area contributed by atoms with Gasteiger partial charge in [-0.05, 0) is 48.6 Å². The molecule has 14 nitrogen and oxygen atoms in total. The average Bonchev–Trinajstić information content (AvgIpc) is 3.06. The van der Waals surface area contributed by atoms with E-state index in [1.807, 2.05) is 20.8 Å². The van der Waals surface area contributed by atoms with Gasteiger partial charge in [-0.15, -0.1) is 0 Å². The van der Waals surface area contributed by atoms with Crippen LogP contribution in [0.5, 0.6) is 5.75 Å². The molecule has 0 radical (unpaired) electrons. The first-order chi connectivity index (χ1) is 22.3. The molecular formula is C33H40N4O10S. The number of ether oxygens (including phenoxy) is 1. The minimum absolute atomic E-state index is 0.104. The Morgan fingerprint density at radius 2 is 1.73 bits per heavy atom. The third-order valence-electron chi connectivity index (χ3n) is 8.05. The lowest BCUT2D eigenvalue weighted by Gasteiger charge is -2.35. The van der Waals surface area contributed by atoms with Gasteiger partial charge in [0.2, 0.25) is 11.8 Å². The van der Waals surface area contributed by atoms with Crippen LogP contribution >= 0.6 is 0 Å². The molecule has 1 aliphatic rings. The molecule has 2 aromatic carbocycles. The molecule has 3 atom stereocenters. The number of amides is 4. The number of anilines is 2. The van der Waals surface area contributed by atoms with Crippen LogP contribution in [0.1, 0.15) is 39.7 Å². The molecule has 0 unspecified atom stereocenters. The number of para-hydroxylation sites is 2. The maximum atomic E-state index is 14.6. The number of nitrogens with one attached hydrogen (secondary N) is 1. The number of fused-ring (bicyclic) bond motifs is 2. The van der Waals surface area contributed by atoms with Gasteiger partial charge in [0.15, 0.2) is 9.84 Å². The molecule has 0 aliphatic carbocycles. The summed E-state index contributed by atoms with van der Waals surface area (Å²) in [6.45, 7) is 6.80. The Morgan fingerprint density at radius 1 is 1.08 bits per heavy atom. The van der Waals surface area contributed by atoms with Crippen LogP contribution in [0.25, 0.3) is 11.0 Å². The largest absolute Gasteiger partial charge is 0.497 e. The number of hydrogen-bond donors (Lipinski definition) is 2. The standard InChI is InChI=1S/C33H40N4O10S/c1-19-29(34-30(40)25(16-33(2,3)4)35(5)32(42)43)31(41)36(17-20-14-28(39)47-26-15-21(46-6)12-13-22(20)26)23-10-8-9-11-24(23)37(19)27(38)18-48(7,44)45/h8-15,19,25,29H,16-18H2,1-7H3,(H,34,40)(H,42,43)/t19-,25-,29-/m0/s1. The Hall–Kier alpha value is -4.92. The number of sulfone groups is 1. The van der Waals surface area contributed by atoms with Gasteiger partial charge in [-0.2, -0.15) is 0 Å². The summed E-state index contributed by atoms with van der Waals surface area (Å²) in [7, 11) is -1.11. The Kier molecular flexibility index (Phi) is 10.2. The van der Waals surface area contributed by atoms with E-state index in [0.29, 0.717) is 16.7 Å². The predicted octanol–water partition coefficient (Wildman–Crippen LogP) is 3.01. The van der Waals surface area contributed by atoms with E-state index in [-0.39, 0.29) is 29.9 Å². The summed E-state index contributed by atoms with van der Waals surface area (Å²) in [5, 5.41) is 13.0. The monoisotopic (exact) mass is 684 g/mol. The summed E-state index contributed by atoms with van der Waals surface area (Å²) >= 11 is 0. The second-order valence-electron chi connectivity index (χ2n) is 13.1. The van der Waals surface area contributed by atoms with Gasteiger partial charge in [0.05, 0.1) is 31.1 Å². The number of rotatable bonds is 9. The molecule has 1 aromatic heterocycles. The van der Waals surface area contributed by atoms with E-state index in [0.717, 1.165) is 11.2 Å². The second-order valence-corrected chi connectivity index (χ2v) is 15.2. The average molecular weight is 685 g/mol. The summed E-state index contributed by atoms with van der Waals surface area (Å²) in [6.07, 6.45) is -0.340. The van der Waals surface area contributed by atoms with Gasteiger partial charge in [0, 0.05) is 30.8 Å². The van der Waals surface area contributed by atoms with Crippen molar-refractivity contribution in [3.63, 3.8) is 0 Å². The molecule has 2 heterocycles. The Bertz CT molecular complexity index is 1920. The lowest BCUT2D eigenvalue weighted by Crippen LogP contribution is -2.61. The fraction of sp³-hybridized carbons (Fsp3) is 0.424. The molecule has 0 spiro atoms. The molecule has 0 fully saturated rings. The third-order valence-corrected chi connectivity index (χ3v) is 8.82. The van der Waals surface area contributed by atoms with E-state index in [4.69, 9.17) is 9.15 Å². The van der Waals surface area contributed by atoms with Crippen molar-refractivity contribution >= 4 is 56.0 Å². The molecule has 3 aromatic rings. The van der Waals surface area contributed by atoms with Crippen LogP contribution in [-0.4, -0.2) is 86.5 Å². The lowest BCUT2D eigenvalue weighted by atomic mass is 9.87. The molecule has 4 rings (SSSR count). The van der Waals surface area contributed by atoms with Gasteiger partial charge in [-0.1, -0.05) is 32.9 Å². The van der Waals surface area contributed by atoms with E-state index >= 15 is 0 Å². The SMILES string of the molecule is COc1ccc2c(CN3C(=O)[C@@H](NC(=O)[C@H](CC(C)(C)C)N(C)C(=O)O)[C@H](C)N(C(=O)CS(C)(=O)=O)c4ccccc43)cc(=O)oc2c1. The molecule has 2 N–H and O–H groups in total. The summed E-state index contributed by atoms with van der Waals surface area (Å²) in [4.78, 5) is 70.2. The predicted molar refractivity (Wildman–Crippen MR) is 179 cm³/mol. The van der Waals surface area contributed by atoms with Gasteiger partial charge < -0.3 is 29.4 Å². The van der Waals surface area contributed by atoms with E-state index < -0.39 is 68.6 Å². The number of carboxylic acid groups (broad SMARTS) is 1. The number of likely N-dealkylation sites (N-methyl/N-ethyl adjacent to an activating group) is 1. The normalized spacial score (nSPS) is 17.4. The van der Waals surface area contributed by atoms with Gasteiger partial charge in [-0.25, -0.2) is 18.0 Å². The summed E-state index contributed by atoms with van der Waals surface area (Å²) in [6, 6.07) is 8.67. The first-order valence-electron chi connectivity index (χ1n) is 15.1. The Labute approximate surface area is 278 Å². The molecule has 0 saturated carbocycles. The first kappa shape index (κ1) is 35.9. The first-order valence-corrected chi connectivity index (χ1v) is 17.1. The fourth-order valence-corrected chi connectivity index (χ4v) is 6.35. The molecule has 0 bridgehead atoms. The highest BCUT2D eigenvalue weighted by molar-refractivity contribution is 7.91. The molecule has 4 amide bonds. The van der Waals surface area contributed by atoms with Crippen LogP contribution in [-0.2, 0) is 30.8 Å². The lowest BCUT2D eigenvalue weighted by molar-refractivity contribution is -0.131. The van der Waals surface area contributed by atoms with Crippen LogP contribution in [0.2, 0.25) is 0 Å². The number of carbonyl (C=O) groups is 4. The Balaban J connectivity index is 1.89. The summed E-state index contributed by atoms with van der Waals surface area (Å²) < 4.78 is 35.2. The van der Waals surface area contributed by atoms with Crippen molar-refractivity contribution in [2.45, 2.75) is 58.8 Å².